The van der Waals surface area contributed by atoms with Crippen molar-refractivity contribution in [2.45, 2.75) is 32.7 Å². The van der Waals surface area contributed by atoms with Gasteiger partial charge in [-0.2, -0.15) is 0 Å². The van der Waals surface area contributed by atoms with Gasteiger partial charge >= 0.3 is 0 Å². The summed E-state index contributed by atoms with van der Waals surface area (Å²) in [5, 5.41) is 0. The second-order valence-corrected chi connectivity index (χ2v) is 5.27. The molecule has 0 aliphatic carbocycles. The molecule has 2 nitrogen and oxygen atoms in total. The smallest absolute Gasteiger partial charge is 0.179 e. The molecule has 3 heteroatoms. The molecule has 0 bridgehead atoms. The lowest BCUT2D eigenvalue weighted by atomic mass is 9.96. The molecule has 1 atom stereocenters. The van der Waals surface area contributed by atoms with Crippen LogP contribution in [0.25, 0.3) is 0 Å². The zero-order valence-corrected chi connectivity index (χ0v) is 11.0. The molecule has 0 amide bonds. The van der Waals surface area contributed by atoms with E-state index in [1.54, 1.807) is 12.1 Å². The summed E-state index contributed by atoms with van der Waals surface area (Å²) in [5.74, 6) is 0.546. The number of benzene rings is 1. The first kappa shape index (κ1) is 13.2. The minimum Gasteiger partial charge on any atom is -0.293 e. The summed E-state index contributed by atoms with van der Waals surface area (Å²) in [7, 11) is 0. The van der Waals surface area contributed by atoms with Gasteiger partial charge in [0.1, 0.15) is 5.82 Å². The van der Waals surface area contributed by atoms with Gasteiger partial charge < -0.3 is 0 Å². The maximum absolute atomic E-state index is 12.8. The highest BCUT2D eigenvalue weighted by Gasteiger charge is 2.25. The third-order valence-corrected chi connectivity index (χ3v) is 3.87. The van der Waals surface area contributed by atoms with Crippen LogP contribution in [0.15, 0.2) is 24.3 Å². The molecule has 1 aliphatic rings. The Bertz CT molecular complexity index is 407. The van der Waals surface area contributed by atoms with Crippen LogP contribution >= 0.6 is 0 Å². The third kappa shape index (κ3) is 2.96. The zero-order chi connectivity index (χ0) is 13.1. The van der Waals surface area contributed by atoms with Crippen molar-refractivity contribution in [3.8, 4) is 0 Å². The summed E-state index contributed by atoms with van der Waals surface area (Å²) >= 11 is 0. The number of Topliss-reactive ketones (excluding diaryl/α,β-unsaturated/α-hetero) is 1. The molecule has 0 radical (unpaired) electrons. The number of carbonyl (C=O) groups is 1. The van der Waals surface area contributed by atoms with Crippen LogP contribution in [0.5, 0.6) is 0 Å². The van der Waals surface area contributed by atoms with Gasteiger partial charge in [0, 0.05) is 5.56 Å². The third-order valence-electron chi connectivity index (χ3n) is 3.87. The summed E-state index contributed by atoms with van der Waals surface area (Å²) in [6, 6.07) is 5.72. The Morgan fingerprint density at radius 1 is 1.28 bits per heavy atom. The number of rotatable bonds is 3. The van der Waals surface area contributed by atoms with E-state index in [0.717, 1.165) is 31.8 Å². The molecule has 0 N–H and O–H groups in total. The maximum atomic E-state index is 12.8. The van der Waals surface area contributed by atoms with E-state index in [1.807, 2.05) is 6.92 Å². The van der Waals surface area contributed by atoms with Gasteiger partial charge in [-0.1, -0.05) is 6.92 Å². The first-order chi connectivity index (χ1) is 8.58. The SMILES string of the molecule is CC1CCN(C(C)C(=O)c2ccc(F)cc2)CC1. The van der Waals surface area contributed by atoms with Crippen LogP contribution in [0.2, 0.25) is 0 Å². The molecule has 0 saturated carbocycles. The maximum Gasteiger partial charge on any atom is 0.179 e. The van der Waals surface area contributed by atoms with E-state index in [4.69, 9.17) is 0 Å². The molecule has 18 heavy (non-hydrogen) atoms. The van der Waals surface area contributed by atoms with Gasteiger partial charge in [0.2, 0.25) is 0 Å². The Balaban J connectivity index is 2.02. The molecule has 1 aromatic carbocycles. The minimum absolute atomic E-state index is 0.0875. The van der Waals surface area contributed by atoms with Crippen molar-refractivity contribution in [3.05, 3.63) is 35.6 Å². The van der Waals surface area contributed by atoms with Crippen molar-refractivity contribution in [2.24, 2.45) is 5.92 Å². The first-order valence-electron chi connectivity index (χ1n) is 6.62. The standard InChI is InChI=1S/C15H20FNO/c1-11-7-9-17(10-8-11)12(2)15(18)13-3-5-14(16)6-4-13/h3-6,11-12H,7-10H2,1-2H3. The van der Waals surface area contributed by atoms with Gasteiger partial charge in [0.25, 0.3) is 0 Å². The van der Waals surface area contributed by atoms with Crippen molar-refractivity contribution in [1.82, 2.24) is 4.90 Å². The van der Waals surface area contributed by atoms with Crippen molar-refractivity contribution < 1.29 is 9.18 Å². The monoisotopic (exact) mass is 249 g/mol. The molecule has 2 rings (SSSR count). The lowest BCUT2D eigenvalue weighted by Crippen LogP contribution is -2.43. The van der Waals surface area contributed by atoms with Crippen LogP contribution in [0, 0.1) is 11.7 Å². The van der Waals surface area contributed by atoms with E-state index in [-0.39, 0.29) is 17.6 Å². The highest BCUT2D eigenvalue weighted by molar-refractivity contribution is 5.99. The minimum atomic E-state index is -0.300. The van der Waals surface area contributed by atoms with E-state index in [0.29, 0.717) is 5.56 Å². The Kier molecular flexibility index (Phi) is 4.12. The van der Waals surface area contributed by atoms with Crippen LogP contribution in [0.4, 0.5) is 4.39 Å². The fraction of sp³-hybridized carbons (Fsp3) is 0.533. The molecule has 98 valence electrons. The Morgan fingerprint density at radius 3 is 2.39 bits per heavy atom. The number of hydrogen-bond donors (Lipinski definition) is 0. The van der Waals surface area contributed by atoms with Crippen LogP contribution in [0.3, 0.4) is 0 Å². The Hall–Kier alpha value is -1.22. The lowest BCUT2D eigenvalue weighted by Gasteiger charge is -2.34. The van der Waals surface area contributed by atoms with Crippen molar-refractivity contribution in [2.75, 3.05) is 13.1 Å². The molecule has 1 heterocycles. The summed E-state index contributed by atoms with van der Waals surface area (Å²) in [5.41, 5.74) is 0.600. The largest absolute Gasteiger partial charge is 0.293 e. The summed E-state index contributed by atoms with van der Waals surface area (Å²) in [6.45, 7) is 6.16. The average Bonchev–Trinajstić information content (AvgIpc) is 2.39. The van der Waals surface area contributed by atoms with Crippen molar-refractivity contribution in [3.63, 3.8) is 0 Å². The molecular weight excluding hydrogens is 229 g/mol. The van der Waals surface area contributed by atoms with E-state index in [2.05, 4.69) is 11.8 Å². The predicted octanol–water partition coefficient (Wildman–Crippen LogP) is 3.13. The van der Waals surface area contributed by atoms with E-state index in [9.17, 15) is 9.18 Å². The number of halogens is 1. The van der Waals surface area contributed by atoms with Crippen LogP contribution in [0.1, 0.15) is 37.0 Å². The van der Waals surface area contributed by atoms with Gasteiger partial charge in [-0.15, -0.1) is 0 Å². The second-order valence-electron chi connectivity index (χ2n) is 5.27. The number of nitrogens with zero attached hydrogens (tertiary/aromatic N) is 1. The van der Waals surface area contributed by atoms with Crippen LogP contribution in [-0.4, -0.2) is 29.8 Å². The molecule has 1 fully saturated rings. The molecule has 0 aromatic heterocycles. The fourth-order valence-corrected chi connectivity index (χ4v) is 2.44. The zero-order valence-electron chi connectivity index (χ0n) is 11.0. The van der Waals surface area contributed by atoms with Crippen molar-refractivity contribution >= 4 is 5.78 Å². The predicted molar refractivity (Wildman–Crippen MR) is 70.2 cm³/mol. The number of carbonyl (C=O) groups excluding carboxylic acids is 1. The summed E-state index contributed by atoms with van der Waals surface area (Å²) in [6.07, 6.45) is 2.31. The quantitative estimate of drug-likeness (QED) is 0.767. The number of hydrogen-bond acceptors (Lipinski definition) is 2. The molecule has 1 saturated heterocycles. The number of likely N-dealkylation sites (tertiary alicyclic amines) is 1. The summed E-state index contributed by atoms with van der Waals surface area (Å²) < 4.78 is 12.8. The van der Waals surface area contributed by atoms with Gasteiger partial charge in [0.05, 0.1) is 6.04 Å². The highest BCUT2D eigenvalue weighted by atomic mass is 19.1. The molecular formula is C15H20FNO. The van der Waals surface area contributed by atoms with E-state index >= 15 is 0 Å². The Labute approximate surface area is 108 Å². The molecule has 0 spiro atoms. The van der Waals surface area contributed by atoms with Gasteiger partial charge in [0.15, 0.2) is 5.78 Å². The lowest BCUT2D eigenvalue weighted by molar-refractivity contribution is 0.0779. The number of ketones is 1. The highest BCUT2D eigenvalue weighted by Crippen LogP contribution is 2.19. The molecule has 1 aromatic rings. The average molecular weight is 249 g/mol. The van der Waals surface area contributed by atoms with E-state index in [1.165, 1.54) is 12.1 Å². The molecule has 1 aliphatic heterocycles. The number of piperidine rings is 1. The van der Waals surface area contributed by atoms with Crippen LogP contribution in [-0.2, 0) is 0 Å². The van der Waals surface area contributed by atoms with Gasteiger partial charge in [-0.25, -0.2) is 4.39 Å². The molecule has 1 unspecified atom stereocenters. The van der Waals surface area contributed by atoms with Crippen LogP contribution < -0.4 is 0 Å². The fourth-order valence-electron chi connectivity index (χ4n) is 2.44. The van der Waals surface area contributed by atoms with Gasteiger partial charge in [-0.3, -0.25) is 9.69 Å². The normalized spacial score (nSPS) is 19.7. The first-order valence-corrected chi connectivity index (χ1v) is 6.62. The topological polar surface area (TPSA) is 20.3 Å². The summed E-state index contributed by atoms with van der Waals surface area (Å²) in [4.78, 5) is 14.5. The van der Waals surface area contributed by atoms with Crippen molar-refractivity contribution in [1.29, 1.82) is 0 Å². The van der Waals surface area contributed by atoms with E-state index < -0.39 is 0 Å². The van der Waals surface area contributed by atoms with Gasteiger partial charge in [-0.05, 0) is 63.0 Å². The second kappa shape index (κ2) is 5.61. The Morgan fingerprint density at radius 2 is 1.83 bits per heavy atom.